The second-order valence-corrected chi connectivity index (χ2v) is 8.09. The van der Waals surface area contributed by atoms with E-state index < -0.39 is 0 Å². The van der Waals surface area contributed by atoms with Crippen molar-refractivity contribution >= 4 is 11.3 Å². The Bertz CT molecular complexity index is 893. The molecule has 154 valence electrons. The van der Waals surface area contributed by atoms with Crippen LogP contribution in [-0.4, -0.2) is 26.3 Å². The number of aryl methyl sites for hydroxylation is 1. The number of benzene rings is 1. The van der Waals surface area contributed by atoms with Gasteiger partial charge >= 0.3 is 0 Å². The van der Waals surface area contributed by atoms with Gasteiger partial charge < -0.3 is 14.2 Å². The van der Waals surface area contributed by atoms with Crippen molar-refractivity contribution in [3.05, 3.63) is 47.5 Å². The van der Waals surface area contributed by atoms with Crippen LogP contribution in [0.15, 0.2) is 42.6 Å². The van der Waals surface area contributed by atoms with Gasteiger partial charge in [-0.25, -0.2) is 0 Å². The summed E-state index contributed by atoms with van der Waals surface area (Å²) >= 11 is 1.84. The van der Waals surface area contributed by atoms with Crippen LogP contribution in [0.2, 0.25) is 0 Å². The van der Waals surface area contributed by atoms with Gasteiger partial charge in [-0.15, -0.1) is 11.3 Å². The minimum atomic E-state index is 0.591. The van der Waals surface area contributed by atoms with Gasteiger partial charge in [0.25, 0.3) is 0 Å². The van der Waals surface area contributed by atoms with Gasteiger partial charge in [0.15, 0.2) is 11.5 Å². The Morgan fingerprint density at radius 3 is 2.17 bits per heavy atom. The molecule has 0 unspecified atom stereocenters. The Kier molecular flexibility index (Phi) is 7.53. The van der Waals surface area contributed by atoms with Gasteiger partial charge in [-0.2, -0.15) is 0 Å². The number of hydrogen-bond donors (Lipinski definition) is 0. The lowest BCUT2D eigenvalue weighted by Gasteiger charge is -2.14. The molecule has 0 atom stereocenters. The first-order valence-corrected chi connectivity index (χ1v) is 10.9. The molecule has 0 N–H and O–H groups in total. The lowest BCUT2D eigenvalue weighted by Crippen LogP contribution is -1.95. The molecule has 0 saturated carbocycles. The highest BCUT2D eigenvalue weighted by molar-refractivity contribution is 7.15. The van der Waals surface area contributed by atoms with E-state index in [-0.39, 0.29) is 0 Å². The Morgan fingerprint density at radius 2 is 1.59 bits per heavy atom. The molecule has 0 bridgehead atoms. The summed E-state index contributed by atoms with van der Waals surface area (Å²) in [6.45, 7) is 2.25. The first kappa shape index (κ1) is 21.2. The van der Waals surface area contributed by atoms with Gasteiger partial charge in [0.1, 0.15) is 0 Å². The van der Waals surface area contributed by atoms with Gasteiger partial charge in [-0.1, -0.05) is 32.3 Å². The predicted molar refractivity (Wildman–Crippen MR) is 120 cm³/mol. The molecule has 0 amide bonds. The van der Waals surface area contributed by atoms with Crippen molar-refractivity contribution < 1.29 is 14.2 Å². The molecule has 0 saturated heterocycles. The first-order chi connectivity index (χ1) is 14.2. The molecular formula is C24H29NO3S. The van der Waals surface area contributed by atoms with Crippen molar-refractivity contribution in [2.24, 2.45) is 0 Å². The zero-order valence-corrected chi connectivity index (χ0v) is 18.5. The molecular weight excluding hydrogens is 382 g/mol. The highest BCUT2D eigenvalue weighted by atomic mass is 32.1. The van der Waals surface area contributed by atoms with Crippen LogP contribution in [0.1, 0.15) is 37.5 Å². The molecule has 0 spiro atoms. The fourth-order valence-electron chi connectivity index (χ4n) is 3.33. The molecule has 3 aromatic rings. The van der Waals surface area contributed by atoms with E-state index in [9.17, 15) is 0 Å². The average Bonchev–Trinajstić information content (AvgIpc) is 3.24. The normalized spacial score (nSPS) is 10.8. The van der Waals surface area contributed by atoms with Crippen LogP contribution >= 0.6 is 11.3 Å². The number of pyridine rings is 1. The van der Waals surface area contributed by atoms with Crippen LogP contribution < -0.4 is 14.2 Å². The molecule has 0 aliphatic carbocycles. The molecule has 0 radical (unpaired) electrons. The van der Waals surface area contributed by atoms with E-state index in [1.165, 1.54) is 35.4 Å². The first-order valence-electron chi connectivity index (χ1n) is 10.1. The summed E-state index contributed by atoms with van der Waals surface area (Å²) in [7, 11) is 4.85. The maximum absolute atomic E-state index is 5.46. The van der Waals surface area contributed by atoms with Crippen LogP contribution in [-0.2, 0) is 6.42 Å². The van der Waals surface area contributed by atoms with E-state index in [2.05, 4.69) is 31.2 Å². The van der Waals surface area contributed by atoms with Crippen molar-refractivity contribution in [1.82, 2.24) is 4.98 Å². The molecule has 4 nitrogen and oxygen atoms in total. The fraction of sp³-hybridized carbons (Fsp3) is 0.375. The Morgan fingerprint density at radius 1 is 0.828 bits per heavy atom. The van der Waals surface area contributed by atoms with E-state index in [0.717, 1.165) is 23.2 Å². The summed E-state index contributed by atoms with van der Waals surface area (Å²) in [4.78, 5) is 7.35. The molecule has 29 heavy (non-hydrogen) atoms. The van der Waals surface area contributed by atoms with Gasteiger partial charge in [0.05, 0.1) is 31.9 Å². The third-order valence-electron chi connectivity index (χ3n) is 4.95. The highest BCUT2D eigenvalue weighted by Crippen LogP contribution is 2.41. The van der Waals surface area contributed by atoms with E-state index in [1.807, 2.05) is 29.7 Å². The zero-order chi connectivity index (χ0) is 20.6. The number of nitrogens with zero attached hydrogens (tertiary/aromatic N) is 1. The Balaban J connectivity index is 1.78. The Hall–Kier alpha value is -2.53. The van der Waals surface area contributed by atoms with Crippen molar-refractivity contribution in [2.75, 3.05) is 21.3 Å². The number of methoxy groups -OCH3 is 3. The van der Waals surface area contributed by atoms with Crippen LogP contribution in [0.5, 0.6) is 17.2 Å². The molecule has 0 fully saturated rings. The van der Waals surface area contributed by atoms with Crippen LogP contribution in [0.3, 0.4) is 0 Å². The van der Waals surface area contributed by atoms with Gasteiger partial charge in [0, 0.05) is 16.6 Å². The third kappa shape index (κ3) is 5.10. The third-order valence-corrected chi connectivity index (χ3v) is 6.12. The lowest BCUT2D eigenvalue weighted by atomic mass is 10.1. The Labute approximate surface area is 177 Å². The zero-order valence-electron chi connectivity index (χ0n) is 17.7. The van der Waals surface area contributed by atoms with Gasteiger partial charge in [-0.3, -0.25) is 4.98 Å². The summed E-state index contributed by atoms with van der Waals surface area (Å²) in [5.41, 5.74) is 2.98. The largest absolute Gasteiger partial charge is 0.493 e. The van der Waals surface area contributed by atoms with E-state index in [0.29, 0.717) is 17.2 Å². The van der Waals surface area contributed by atoms with Crippen molar-refractivity contribution in [3.8, 4) is 38.9 Å². The van der Waals surface area contributed by atoms with E-state index >= 15 is 0 Å². The van der Waals surface area contributed by atoms with Crippen LogP contribution in [0, 0.1) is 0 Å². The van der Waals surface area contributed by atoms with E-state index in [1.54, 1.807) is 21.3 Å². The maximum atomic E-state index is 5.46. The van der Waals surface area contributed by atoms with E-state index in [4.69, 9.17) is 19.2 Å². The fourth-order valence-corrected chi connectivity index (χ4v) is 4.36. The molecule has 5 heteroatoms. The minimum absolute atomic E-state index is 0.591. The predicted octanol–water partition coefficient (Wildman–Crippen LogP) is 6.63. The molecule has 0 aliphatic heterocycles. The minimum Gasteiger partial charge on any atom is -0.493 e. The van der Waals surface area contributed by atoms with Crippen LogP contribution in [0.4, 0.5) is 0 Å². The summed E-state index contributed by atoms with van der Waals surface area (Å²) in [5, 5.41) is 0. The molecule has 2 heterocycles. The van der Waals surface area contributed by atoms with Gasteiger partial charge in [-0.05, 0) is 48.7 Å². The molecule has 2 aromatic heterocycles. The summed E-state index contributed by atoms with van der Waals surface area (Å²) in [6.07, 6.45) is 8.23. The number of unbranched alkanes of at least 4 members (excludes halogenated alkanes) is 3. The highest BCUT2D eigenvalue weighted by Gasteiger charge is 2.14. The maximum Gasteiger partial charge on any atom is 0.203 e. The summed E-state index contributed by atoms with van der Waals surface area (Å²) in [5.74, 6) is 1.86. The summed E-state index contributed by atoms with van der Waals surface area (Å²) < 4.78 is 16.3. The van der Waals surface area contributed by atoms with Gasteiger partial charge in [0.2, 0.25) is 5.75 Å². The molecule has 0 aliphatic rings. The number of aromatic nitrogens is 1. The van der Waals surface area contributed by atoms with Crippen LogP contribution in [0.25, 0.3) is 21.7 Å². The molecule has 1 aromatic carbocycles. The van der Waals surface area contributed by atoms with Crippen molar-refractivity contribution in [1.29, 1.82) is 0 Å². The topological polar surface area (TPSA) is 40.6 Å². The SMILES string of the molecule is CCCCCCc1ccc(-c2ccc(-c3cc(OC)c(OC)c(OC)c3)cn2)s1. The number of thiophene rings is 1. The quantitative estimate of drug-likeness (QED) is 0.351. The second kappa shape index (κ2) is 10.3. The summed E-state index contributed by atoms with van der Waals surface area (Å²) in [6, 6.07) is 12.5. The number of rotatable bonds is 10. The number of ether oxygens (including phenoxy) is 3. The standard InChI is InChI=1S/C24H29NO3S/c1-5-6-7-8-9-19-11-13-23(29-19)20-12-10-17(16-25-20)18-14-21(26-2)24(28-4)22(15-18)27-3/h10-16H,5-9H2,1-4H3. The molecule has 3 rings (SSSR count). The smallest absolute Gasteiger partial charge is 0.203 e. The monoisotopic (exact) mass is 411 g/mol. The number of hydrogen-bond acceptors (Lipinski definition) is 5. The van der Waals surface area contributed by atoms with Crippen molar-refractivity contribution in [3.63, 3.8) is 0 Å². The average molecular weight is 412 g/mol. The van der Waals surface area contributed by atoms with Crippen molar-refractivity contribution in [2.45, 2.75) is 39.0 Å². The second-order valence-electron chi connectivity index (χ2n) is 6.92. The lowest BCUT2D eigenvalue weighted by molar-refractivity contribution is 0.324.